The number of carbonyl (C=O) groups excluding carboxylic acids is 1. The lowest BCUT2D eigenvalue weighted by atomic mass is 9.75. The van der Waals surface area contributed by atoms with Crippen molar-refractivity contribution in [1.82, 2.24) is 20.4 Å². The summed E-state index contributed by atoms with van der Waals surface area (Å²) < 4.78 is 0. The highest BCUT2D eigenvalue weighted by molar-refractivity contribution is 14.0. The molecule has 1 aromatic carbocycles. The number of aliphatic imine (C=N–C) groups is 1. The van der Waals surface area contributed by atoms with Crippen LogP contribution < -0.4 is 10.6 Å². The van der Waals surface area contributed by atoms with Gasteiger partial charge < -0.3 is 20.4 Å². The molecule has 3 rings (SSSR count). The molecule has 0 bridgehead atoms. The molecule has 1 heterocycles. The monoisotopic (exact) mass is 555 g/mol. The summed E-state index contributed by atoms with van der Waals surface area (Å²) in [6, 6.07) is 10.4. The quantitative estimate of drug-likeness (QED) is 0.294. The molecule has 7 heteroatoms. The number of nitrogens with one attached hydrogen (secondary N) is 2. The second-order valence-corrected chi connectivity index (χ2v) is 9.77. The predicted octanol–water partition coefficient (Wildman–Crippen LogP) is 3.37. The number of guanidine groups is 1. The standard InChI is InChI=1S/C25H41N5O.HI/c1-20-9-8-13-25(16-20,29(3)4)19-28-24(26-2)27-17-22-15-23(31)30(18-22)14-12-21-10-6-5-7-11-21;/h5-7,10-11,20,22H,8-9,12-19H2,1-4H3,(H2,26,27,28);1H. The fourth-order valence-corrected chi connectivity index (χ4v) is 5.18. The van der Waals surface area contributed by atoms with Crippen molar-refractivity contribution < 1.29 is 4.79 Å². The zero-order valence-electron chi connectivity index (χ0n) is 20.3. The van der Waals surface area contributed by atoms with Crippen LogP contribution >= 0.6 is 24.0 Å². The van der Waals surface area contributed by atoms with E-state index in [1.54, 1.807) is 0 Å². The summed E-state index contributed by atoms with van der Waals surface area (Å²) in [5.41, 5.74) is 1.47. The number of likely N-dealkylation sites (tertiary alicyclic amines) is 1. The molecule has 1 aliphatic carbocycles. The topological polar surface area (TPSA) is 60.0 Å². The summed E-state index contributed by atoms with van der Waals surface area (Å²) in [5.74, 6) is 2.21. The number of rotatable bonds is 8. The molecule has 180 valence electrons. The van der Waals surface area contributed by atoms with Crippen LogP contribution in [0.25, 0.3) is 0 Å². The Morgan fingerprint density at radius 1 is 1.25 bits per heavy atom. The van der Waals surface area contributed by atoms with E-state index >= 15 is 0 Å². The van der Waals surface area contributed by atoms with Gasteiger partial charge in [-0.2, -0.15) is 0 Å². The SMILES string of the molecule is CN=C(NCC1CC(=O)N(CCc2ccccc2)C1)NCC1(N(C)C)CCCC(C)C1.I. The number of benzene rings is 1. The molecule has 1 saturated carbocycles. The Labute approximate surface area is 211 Å². The van der Waals surface area contributed by atoms with Gasteiger partial charge in [0, 0.05) is 51.1 Å². The highest BCUT2D eigenvalue weighted by atomic mass is 127. The van der Waals surface area contributed by atoms with E-state index in [9.17, 15) is 4.79 Å². The summed E-state index contributed by atoms with van der Waals surface area (Å²) in [6.07, 6.45) is 6.60. The predicted molar refractivity (Wildman–Crippen MR) is 144 cm³/mol. The maximum absolute atomic E-state index is 12.4. The number of likely N-dealkylation sites (N-methyl/N-ethyl adjacent to an activating group) is 1. The molecule has 1 aromatic rings. The van der Waals surface area contributed by atoms with E-state index < -0.39 is 0 Å². The van der Waals surface area contributed by atoms with Gasteiger partial charge in [-0.1, -0.05) is 50.1 Å². The van der Waals surface area contributed by atoms with Gasteiger partial charge >= 0.3 is 0 Å². The lowest BCUT2D eigenvalue weighted by Crippen LogP contribution is -2.56. The summed E-state index contributed by atoms with van der Waals surface area (Å²) >= 11 is 0. The maximum atomic E-state index is 12.4. The van der Waals surface area contributed by atoms with E-state index in [1.165, 1.54) is 31.2 Å². The van der Waals surface area contributed by atoms with Gasteiger partial charge in [0.15, 0.2) is 5.96 Å². The summed E-state index contributed by atoms with van der Waals surface area (Å²) in [7, 11) is 6.22. The largest absolute Gasteiger partial charge is 0.356 e. The molecule has 32 heavy (non-hydrogen) atoms. The van der Waals surface area contributed by atoms with Crippen molar-refractivity contribution in [2.24, 2.45) is 16.8 Å². The average molecular weight is 556 g/mol. The Bertz CT molecular complexity index is 741. The Morgan fingerprint density at radius 2 is 2.00 bits per heavy atom. The van der Waals surface area contributed by atoms with Crippen LogP contribution in [0, 0.1) is 11.8 Å². The summed E-state index contributed by atoms with van der Waals surface area (Å²) in [4.78, 5) is 21.3. The molecule has 3 atom stereocenters. The third-order valence-corrected chi connectivity index (χ3v) is 7.19. The third kappa shape index (κ3) is 7.33. The molecule has 0 radical (unpaired) electrons. The van der Waals surface area contributed by atoms with Crippen molar-refractivity contribution in [2.75, 3.05) is 47.3 Å². The van der Waals surface area contributed by atoms with Crippen molar-refractivity contribution in [3.05, 3.63) is 35.9 Å². The molecule has 2 fully saturated rings. The van der Waals surface area contributed by atoms with Crippen molar-refractivity contribution in [2.45, 2.75) is 51.0 Å². The van der Waals surface area contributed by atoms with Crippen LogP contribution in [-0.2, 0) is 11.2 Å². The lowest BCUT2D eigenvalue weighted by molar-refractivity contribution is -0.127. The number of hydrogen-bond acceptors (Lipinski definition) is 3. The van der Waals surface area contributed by atoms with Gasteiger partial charge in [0.2, 0.25) is 5.91 Å². The lowest BCUT2D eigenvalue weighted by Gasteiger charge is -2.45. The number of hydrogen-bond donors (Lipinski definition) is 2. The van der Waals surface area contributed by atoms with Crippen LogP contribution in [0.15, 0.2) is 35.3 Å². The number of carbonyl (C=O) groups is 1. The number of amides is 1. The van der Waals surface area contributed by atoms with Crippen LogP contribution in [0.2, 0.25) is 0 Å². The summed E-state index contributed by atoms with van der Waals surface area (Å²) in [6.45, 7) is 5.67. The van der Waals surface area contributed by atoms with Crippen molar-refractivity contribution >= 4 is 35.8 Å². The minimum absolute atomic E-state index is 0. The Kier molecular flexibility index (Phi) is 10.7. The molecule has 1 amide bonds. The highest BCUT2D eigenvalue weighted by Gasteiger charge is 2.37. The van der Waals surface area contributed by atoms with E-state index in [4.69, 9.17) is 0 Å². The van der Waals surface area contributed by atoms with Crippen molar-refractivity contribution in [1.29, 1.82) is 0 Å². The second-order valence-electron chi connectivity index (χ2n) is 9.77. The fraction of sp³-hybridized carbons (Fsp3) is 0.680. The molecular weight excluding hydrogens is 513 g/mol. The van der Waals surface area contributed by atoms with Crippen molar-refractivity contribution in [3.63, 3.8) is 0 Å². The van der Waals surface area contributed by atoms with Gasteiger partial charge in [-0.15, -0.1) is 24.0 Å². The third-order valence-electron chi connectivity index (χ3n) is 7.19. The first-order valence-corrected chi connectivity index (χ1v) is 11.9. The van der Waals surface area contributed by atoms with E-state index in [0.717, 1.165) is 44.5 Å². The molecule has 1 saturated heterocycles. The fourth-order valence-electron chi connectivity index (χ4n) is 5.18. The summed E-state index contributed by atoms with van der Waals surface area (Å²) in [5, 5.41) is 7.05. The van der Waals surface area contributed by atoms with Crippen molar-refractivity contribution in [3.8, 4) is 0 Å². The van der Waals surface area contributed by atoms with E-state index in [1.807, 2.05) is 18.0 Å². The Hall–Kier alpha value is -1.35. The second kappa shape index (κ2) is 12.8. The first-order valence-electron chi connectivity index (χ1n) is 11.9. The average Bonchev–Trinajstić information content (AvgIpc) is 3.12. The zero-order valence-corrected chi connectivity index (χ0v) is 22.6. The number of nitrogens with zero attached hydrogens (tertiary/aromatic N) is 3. The van der Waals surface area contributed by atoms with E-state index in [-0.39, 0.29) is 35.4 Å². The minimum atomic E-state index is 0. The van der Waals surface area contributed by atoms with Gasteiger partial charge in [0.25, 0.3) is 0 Å². The van der Waals surface area contributed by atoms with Crippen LogP contribution in [0.4, 0.5) is 0 Å². The first kappa shape index (κ1) is 26.9. The highest BCUT2D eigenvalue weighted by Crippen LogP contribution is 2.35. The number of halogens is 1. The van der Waals surface area contributed by atoms with Gasteiger partial charge in [-0.05, 0) is 44.8 Å². The van der Waals surface area contributed by atoms with Crippen LogP contribution in [0.1, 0.15) is 44.6 Å². The molecule has 3 unspecified atom stereocenters. The smallest absolute Gasteiger partial charge is 0.223 e. The van der Waals surface area contributed by atoms with Crippen LogP contribution in [0.5, 0.6) is 0 Å². The van der Waals surface area contributed by atoms with E-state index in [2.05, 4.69) is 65.8 Å². The molecule has 2 aliphatic rings. The normalized spacial score (nSPS) is 26.2. The van der Waals surface area contributed by atoms with Crippen LogP contribution in [0.3, 0.4) is 0 Å². The molecule has 0 spiro atoms. The first-order chi connectivity index (χ1) is 14.9. The van der Waals surface area contributed by atoms with Gasteiger partial charge in [0.1, 0.15) is 0 Å². The molecule has 1 aliphatic heterocycles. The Balaban J connectivity index is 0.00000363. The minimum Gasteiger partial charge on any atom is -0.356 e. The van der Waals surface area contributed by atoms with Gasteiger partial charge in [0.05, 0.1) is 0 Å². The molecule has 0 aromatic heterocycles. The molecule has 6 nitrogen and oxygen atoms in total. The molecule has 2 N–H and O–H groups in total. The van der Waals surface area contributed by atoms with Gasteiger partial charge in [-0.3, -0.25) is 9.79 Å². The maximum Gasteiger partial charge on any atom is 0.223 e. The van der Waals surface area contributed by atoms with E-state index in [0.29, 0.717) is 12.3 Å². The van der Waals surface area contributed by atoms with Crippen LogP contribution in [-0.4, -0.2) is 74.5 Å². The zero-order chi connectivity index (χ0) is 22.3. The molecular formula is C25H42IN5O. The van der Waals surface area contributed by atoms with Gasteiger partial charge in [-0.25, -0.2) is 0 Å². The Morgan fingerprint density at radius 3 is 2.66 bits per heavy atom.